The number of carbonyl (C=O) groups excluding carboxylic acids is 1. The van der Waals surface area contributed by atoms with Crippen LogP contribution < -0.4 is 5.32 Å². The molecule has 4 nitrogen and oxygen atoms in total. The van der Waals surface area contributed by atoms with Gasteiger partial charge in [-0.1, -0.05) is 46.6 Å². The molecule has 0 spiro atoms. The summed E-state index contributed by atoms with van der Waals surface area (Å²) in [6.45, 7) is 11.0. The highest BCUT2D eigenvalue weighted by atomic mass is 32.2. The number of aromatic nitrogens is 2. The Morgan fingerprint density at radius 3 is 2.06 bits per heavy atom. The Kier molecular flexibility index (Phi) is 14.5. The Balaban J connectivity index is 2.20. The van der Waals surface area contributed by atoms with Gasteiger partial charge >= 0.3 is 0 Å². The summed E-state index contributed by atoms with van der Waals surface area (Å²) < 4.78 is 0. The first-order valence-corrected chi connectivity index (χ1v) is 12.5. The number of nitrogens with zero attached hydrogens (tertiary/aromatic N) is 1. The molecule has 0 aromatic carbocycles. The van der Waals surface area contributed by atoms with Crippen molar-refractivity contribution in [1.82, 2.24) is 9.97 Å². The highest BCUT2D eigenvalue weighted by Crippen LogP contribution is 2.14. The average Bonchev–Trinajstić information content (AvgIpc) is 3.23. The molecule has 1 unspecified atom stereocenters. The summed E-state index contributed by atoms with van der Waals surface area (Å²) >= 11 is 1.76. The number of aldehydes is 1. The molecule has 0 amide bonds. The third-order valence-corrected chi connectivity index (χ3v) is 5.98. The third-order valence-electron chi connectivity index (χ3n) is 4.99. The number of carbonyl (C=O) groups is 1. The molecule has 1 heterocycles. The molecular formula is C26H41N3OS. The number of rotatable bonds is 16. The Hall–Kier alpha value is -2.01. The Morgan fingerprint density at radius 1 is 0.968 bits per heavy atom. The summed E-state index contributed by atoms with van der Waals surface area (Å²) in [6.07, 6.45) is 20.5. The number of hydrogen-bond acceptors (Lipinski definition) is 4. The van der Waals surface area contributed by atoms with Gasteiger partial charge < -0.3 is 15.1 Å². The minimum atomic E-state index is -0.222. The molecule has 0 aliphatic carbocycles. The van der Waals surface area contributed by atoms with Crippen LogP contribution in [0.5, 0.6) is 0 Å². The van der Waals surface area contributed by atoms with Gasteiger partial charge in [0.2, 0.25) is 5.95 Å². The first kappa shape index (κ1) is 27.0. The highest BCUT2D eigenvalue weighted by molar-refractivity contribution is 7.99. The summed E-state index contributed by atoms with van der Waals surface area (Å²) in [4.78, 5) is 18.3. The molecule has 1 rings (SSSR count). The molecular weight excluding hydrogens is 402 g/mol. The van der Waals surface area contributed by atoms with Crippen LogP contribution >= 0.6 is 11.8 Å². The van der Waals surface area contributed by atoms with Crippen LogP contribution in [0.1, 0.15) is 73.1 Å². The Labute approximate surface area is 193 Å². The van der Waals surface area contributed by atoms with Crippen LogP contribution in [-0.2, 0) is 4.79 Å². The van der Waals surface area contributed by atoms with E-state index in [1.165, 1.54) is 28.7 Å². The van der Waals surface area contributed by atoms with Crippen LogP contribution in [0.2, 0.25) is 0 Å². The second kappa shape index (κ2) is 16.7. The first-order chi connectivity index (χ1) is 14.9. The van der Waals surface area contributed by atoms with E-state index in [4.69, 9.17) is 0 Å². The second-order valence-corrected chi connectivity index (χ2v) is 9.49. The molecule has 0 radical (unpaired) electrons. The van der Waals surface area contributed by atoms with Crippen LogP contribution in [0.25, 0.3) is 0 Å². The number of hydrogen-bond donors (Lipinski definition) is 2. The van der Waals surface area contributed by atoms with Crippen molar-refractivity contribution >= 4 is 24.0 Å². The largest absolute Gasteiger partial charge is 0.345 e. The minimum Gasteiger partial charge on any atom is -0.345 e. The fourth-order valence-corrected chi connectivity index (χ4v) is 3.97. The van der Waals surface area contributed by atoms with Gasteiger partial charge in [-0.3, -0.25) is 0 Å². The maximum absolute atomic E-state index is 11.2. The van der Waals surface area contributed by atoms with E-state index in [-0.39, 0.29) is 6.04 Å². The number of thioether (sulfide) groups is 1. The molecule has 1 atom stereocenters. The molecule has 0 fully saturated rings. The molecule has 0 aliphatic rings. The summed E-state index contributed by atoms with van der Waals surface area (Å²) in [5, 5.41) is 3.09. The van der Waals surface area contributed by atoms with Crippen LogP contribution in [0.15, 0.2) is 59.0 Å². The number of aromatic amines is 1. The van der Waals surface area contributed by atoms with E-state index >= 15 is 0 Å². The van der Waals surface area contributed by atoms with E-state index in [9.17, 15) is 4.79 Å². The van der Waals surface area contributed by atoms with Crippen molar-refractivity contribution in [3.8, 4) is 0 Å². The predicted octanol–water partition coefficient (Wildman–Crippen LogP) is 7.27. The van der Waals surface area contributed by atoms with Crippen LogP contribution in [0.4, 0.5) is 5.95 Å². The summed E-state index contributed by atoms with van der Waals surface area (Å²) in [5.74, 6) is 2.30. The zero-order chi connectivity index (χ0) is 22.9. The van der Waals surface area contributed by atoms with Crippen LogP contribution in [-0.4, -0.2) is 33.8 Å². The average molecular weight is 444 g/mol. The summed E-state index contributed by atoms with van der Waals surface area (Å²) in [7, 11) is 0. The standard InChI is InChI=1S/C26H41N3OS/c1-21(2)9-6-10-22(3)11-7-12-23(4)13-8-14-24(5)15-18-31-20-25(19-30)29-26-27-16-17-28-26/h9,11,13,15-17,19,25H,6-8,10,12,14,18,20H2,1-5H3,(H2,27,28,29)/b22-11+,23-13+,24-15+. The van der Waals surface area contributed by atoms with Gasteiger partial charge in [-0.2, -0.15) is 11.8 Å². The lowest BCUT2D eigenvalue weighted by molar-refractivity contribution is -0.108. The van der Waals surface area contributed by atoms with Gasteiger partial charge in [0.25, 0.3) is 0 Å². The quantitative estimate of drug-likeness (QED) is 0.160. The van der Waals surface area contributed by atoms with E-state index in [2.05, 4.69) is 74.2 Å². The molecule has 2 N–H and O–H groups in total. The van der Waals surface area contributed by atoms with E-state index in [0.717, 1.165) is 49.9 Å². The fourth-order valence-electron chi connectivity index (χ4n) is 3.02. The lowest BCUT2D eigenvalue weighted by Crippen LogP contribution is -2.24. The monoisotopic (exact) mass is 443 g/mol. The van der Waals surface area contributed by atoms with Crippen molar-refractivity contribution in [2.24, 2.45) is 0 Å². The van der Waals surface area contributed by atoms with Crippen molar-refractivity contribution in [3.63, 3.8) is 0 Å². The molecule has 172 valence electrons. The fraction of sp³-hybridized carbons (Fsp3) is 0.538. The molecule has 31 heavy (non-hydrogen) atoms. The summed E-state index contributed by atoms with van der Waals surface area (Å²) in [5.41, 5.74) is 5.79. The minimum absolute atomic E-state index is 0.222. The normalized spacial score (nSPS) is 13.8. The van der Waals surface area contributed by atoms with Crippen molar-refractivity contribution in [1.29, 1.82) is 0 Å². The topological polar surface area (TPSA) is 57.8 Å². The van der Waals surface area contributed by atoms with Crippen LogP contribution in [0.3, 0.4) is 0 Å². The van der Waals surface area contributed by atoms with Crippen molar-refractivity contribution in [3.05, 3.63) is 59.0 Å². The van der Waals surface area contributed by atoms with Gasteiger partial charge in [0, 0.05) is 23.9 Å². The van der Waals surface area contributed by atoms with Crippen molar-refractivity contribution in [2.75, 3.05) is 16.8 Å². The molecule has 0 aliphatic heterocycles. The number of imidazole rings is 1. The van der Waals surface area contributed by atoms with Gasteiger partial charge in [0.1, 0.15) is 6.29 Å². The van der Waals surface area contributed by atoms with Crippen LogP contribution in [0, 0.1) is 0 Å². The van der Waals surface area contributed by atoms with E-state index in [1.54, 1.807) is 24.2 Å². The highest BCUT2D eigenvalue weighted by Gasteiger charge is 2.07. The predicted molar refractivity (Wildman–Crippen MR) is 138 cm³/mol. The Morgan fingerprint density at radius 2 is 1.55 bits per heavy atom. The Bertz CT molecular complexity index is 741. The van der Waals surface area contributed by atoms with Gasteiger partial charge in [-0.05, 0) is 73.1 Å². The molecule has 0 saturated carbocycles. The molecule has 1 aromatic heterocycles. The van der Waals surface area contributed by atoms with Crippen molar-refractivity contribution in [2.45, 2.75) is 79.2 Å². The number of nitrogens with one attached hydrogen (secondary N) is 2. The van der Waals surface area contributed by atoms with Gasteiger partial charge in [-0.15, -0.1) is 0 Å². The van der Waals surface area contributed by atoms with E-state index in [0.29, 0.717) is 5.95 Å². The van der Waals surface area contributed by atoms with Gasteiger partial charge in [0.15, 0.2) is 0 Å². The maximum Gasteiger partial charge on any atom is 0.200 e. The first-order valence-electron chi connectivity index (χ1n) is 11.3. The SMILES string of the molecule is CC(C)=CCC/C(C)=C/CC/C(C)=C/CC/C(C)=C/CSCC(C=O)Nc1ncc[nH]1. The number of allylic oxidation sites excluding steroid dienone is 7. The number of H-pyrrole nitrogens is 1. The number of anilines is 1. The van der Waals surface area contributed by atoms with E-state index in [1.807, 2.05) is 0 Å². The lowest BCUT2D eigenvalue weighted by atomic mass is 10.0. The zero-order valence-corrected chi connectivity index (χ0v) is 20.9. The maximum atomic E-state index is 11.2. The smallest absolute Gasteiger partial charge is 0.200 e. The second-order valence-electron chi connectivity index (χ2n) is 8.41. The third kappa shape index (κ3) is 14.6. The molecule has 0 saturated heterocycles. The lowest BCUT2D eigenvalue weighted by Gasteiger charge is -2.10. The molecule has 1 aromatic rings. The van der Waals surface area contributed by atoms with Gasteiger partial charge in [-0.25, -0.2) is 4.98 Å². The van der Waals surface area contributed by atoms with E-state index < -0.39 is 0 Å². The van der Waals surface area contributed by atoms with Gasteiger partial charge in [0.05, 0.1) is 6.04 Å². The molecule has 0 bridgehead atoms. The molecule has 5 heteroatoms. The zero-order valence-electron chi connectivity index (χ0n) is 20.0. The summed E-state index contributed by atoms with van der Waals surface area (Å²) in [6, 6.07) is -0.222. The van der Waals surface area contributed by atoms with Crippen molar-refractivity contribution < 1.29 is 4.79 Å².